The second-order valence-electron chi connectivity index (χ2n) is 9.52. The van der Waals surface area contributed by atoms with E-state index in [1.54, 1.807) is 0 Å². The van der Waals surface area contributed by atoms with Crippen molar-refractivity contribution in [2.75, 3.05) is 18.0 Å². The SMILES string of the molecule is Cc1ccc(N2CC(CN[C@H](C)c3cccc4ccccc34)Oc3ccccc32)cc1CCC(=O)O. The highest BCUT2D eigenvalue weighted by atomic mass is 16.5. The molecule has 1 aliphatic rings. The monoisotopic (exact) mass is 480 g/mol. The lowest BCUT2D eigenvalue weighted by Crippen LogP contribution is -2.44. The van der Waals surface area contributed by atoms with Crippen molar-refractivity contribution >= 4 is 28.1 Å². The van der Waals surface area contributed by atoms with E-state index in [1.807, 2.05) is 25.1 Å². The Morgan fingerprint density at radius 2 is 1.83 bits per heavy atom. The Kier molecular flexibility index (Phi) is 6.92. The summed E-state index contributed by atoms with van der Waals surface area (Å²) in [5.41, 5.74) is 5.55. The maximum atomic E-state index is 11.1. The van der Waals surface area contributed by atoms with Gasteiger partial charge < -0.3 is 20.1 Å². The van der Waals surface area contributed by atoms with Gasteiger partial charge in [-0.2, -0.15) is 0 Å². The molecule has 0 saturated heterocycles. The predicted octanol–water partition coefficient (Wildman–Crippen LogP) is 6.42. The number of ether oxygens (including phenoxy) is 1. The van der Waals surface area contributed by atoms with Crippen LogP contribution in [0.4, 0.5) is 11.4 Å². The van der Waals surface area contributed by atoms with Crippen LogP contribution in [0.3, 0.4) is 0 Å². The van der Waals surface area contributed by atoms with Gasteiger partial charge in [0.05, 0.1) is 12.2 Å². The van der Waals surface area contributed by atoms with Crippen LogP contribution in [0.1, 0.15) is 36.1 Å². The average molecular weight is 481 g/mol. The number of rotatable bonds is 8. The highest BCUT2D eigenvalue weighted by Crippen LogP contribution is 2.38. The smallest absolute Gasteiger partial charge is 0.303 e. The zero-order chi connectivity index (χ0) is 25.1. The van der Waals surface area contributed by atoms with Crippen molar-refractivity contribution in [2.24, 2.45) is 0 Å². The molecule has 0 radical (unpaired) electrons. The quantitative estimate of drug-likeness (QED) is 0.305. The number of carboxylic acid groups (broad SMARTS) is 1. The van der Waals surface area contributed by atoms with Crippen LogP contribution < -0.4 is 15.0 Å². The van der Waals surface area contributed by atoms with Crippen molar-refractivity contribution < 1.29 is 14.6 Å². The Labute approximate surface area is 212 Å². The van der Waals surface area contributed by atoms with Crippen molar-refractivity contribution in [3.8, 4) is 5.75 Å². The first kappa shape index (κ1) is 23.9. The third-order valence-electron chi connectivity index (χ3n) is 7.03. The number of benzene rings is 4. The van der Waals surface area contributed by atoms with Crippen molar-refractivity contribution in [2.45, 2.75) is 38.8 Å². The number of nitrogens with zero attached hydrogens (tertiary/aromatic N) is 1. The molecule has 1 unspecified atom stereocenters. The minimum Gasteiger partial charge on any atom is -0.485 e. The summed E-state index contributed by atoms with van der Waals surface area (Å²) in [6, 6.07) is 29.6. The summed E-state index contributed by atoms with van der Waals surface area (Å²) in [4.78, 5) is 13.4. The maximum absolute atomic E-state index is 11.1. The molecule has 1 aliphatic heterocycles. The van der Waals surface area contributed by atoms with Crippen LogP contribution in [0, 0.1) is 6.92 Å². The number of anilines is 2. The average Bonchev–Trinajstić information content (AvgIpc) is 2.90. The molecule has 0 spiro atoms. The lowest BCUT2D eigenvalue weighted by molar-refractivity contribution is -0.136. The van der Waals surface area contributed by atoms with Crippen molar-refractivity contribution in [1.29, 1.82) is 0 Å². The van der Waals surface area contributed by atoms with Gasteiger partial charge in [0.15, 0.2) is 0 Å². The Morgan fingerprint density at radius 1 is 1.06 bits per heavy atom. The van der Waals surface area contributed by atoms with E-state index in [-0.39, 0.29) is 18.6 Å². The third kappa shape index (κ3) is 5.07. The maximum Gasteiger partial charge on any atom is 0.303 e. The summed E-state index contributed by atoms with van der Waals surface area (Å²) < 4.78 is 6.41. The summed E-state index contributed by atoms with van der Waals surface area (Å²) in [5.74, 6) is 0.0870. The van der Waals surface area contributed by atoms with Gasteiger partial charge in [-0.05, 0) is 72.0 Å². The minimum atomic E-state index is -0.775. The number of carboxylic acids is 1. The standard InChI is InChI=1S/C31H32N2O3/c1-21-14-16-25(18-24(21)15-17-31(34)35)33-20-26(36-30-13-6-5-12-29(30)33)19-32-22(2)27-11-7-9-23-8-3-4-10-28(23)27/h3-14,16,18,22,26,32H,15,17,19-20H2,1-2H3,(H,34,35)/t22-,26?/m1/s1. The molecule has 1 heterocycles. The van der Waals surface area contributed by atoms with Crippen molar-refractivity contribution in [1.82, 2.24) is 5.32 Å². The molecule has 0 fully saturated rings. The van der Waals surface area contributed by atoms with Crippen LogP contribution in [0.15, 0.2) is 84.9 Å². The molecule has 184 valence electrons. The van der Waals surface area contributed by atoms with E-state index in [4.69, 9.17) is 9.84 Å². The van der Waals surface area contributed by atoms with E-state index in [0.29, 0.717) is 19.5 Å². The molecule has 0 bridgehead atoms. The van der Waals surface area contributed by atoms with Gasteiger partial charge in [-0.15, -0.1) is 0 Å². The third-order valence-corrected chi connectivity index (χ3v) is 7.03. The van der Waals surface area contributed by atoms with Gasteiger partial charge in [0, 0.05) is 24.7 Å². The molecule has 5 heteroatoms. The van der Waals surface area contributed by atoms with Gasteiger partial charge in [-0.1, -0.05) is 60.7 Å². The summed E-state index contributed by atoms with van der Waals surface area (Å²) in [7, 11) is 0. The molecular weight excluding hydrogens is 448 g/mol. The van der Waals surface area contributed by atoms with Crippen LogP contribution in [-0.4, -0.2) is 30.3 Å². The van der Waals surface area contributed by atoms with E-state index < -0.39 is 5.97 Å². The second kappa shape index (κ2) is 10.4. The van der Waals surface area contributed by atoms with Gasteiger partial charge in [0.1, 0.15) is 11.9 Å². The number of para-hydroxylation sites is 2. The van der Waals surface area contributed by atoms with Crippen LogP contribution >= 0.6 is 0 Å². The highest BCUT2D eigenvalue weighted by molar-refractivity contribution is 5.86. The van der Waals surface area contributed by atoms with Crippen molar-refractivity contribution in [3.63, 3.8) is 0 Å². The van der Waals surface area contributed by atoms with Gasteiger partial charge in [0.25, 0.3) is 0 Å². The lowest BCUT2D eigenvalue weighted by Gasteiger charge is -2.37. The Balaban J connectivity index is 1.36. The molecule has 0 aromatic heterocycles. The Hall–Kier alpha value is -3.83. The fourth-order valence-corrected chi connectivity index (χ4v) is 5.03. The van der Waals surface area contributed by atoms with Crippen LogP contribution in [0.25, 0.3) is 10.8 Å². The molecule has 2 atom stereocenters. The van der Waals surface area contributed by atoms with E-state index in [0.717, 1.165) is 28.3 Å². The summed E-state index contributed by atoms with van der Waals surface area (Å²) >= 11 is 0. The fraction of sp³-hybridized carbons (Fsp3) is 0.258. The number of aliphatic carboxylic acids is 1. The van der Waals surface area contributed by atoms with Crippen LogP contribution in [0.2, 0.25) is 0 Å². The molecule has 5 rings (SSSR count). The van der Waals surface area contributed by atoms with E-state index in [9.17, 15) is 4.79 Å². The number of fused-ring (bicyclic) bond motifs is 2. The van der Waals surface area contributed by atoms with Gasteiger partial charge in [0.2, 0.25) is 0 Å². The van der Waals surface area contributed by atoms with E-state index >= 15 is 0 Å². The van der Waals surface area contributed by atoms with Gasteiger partial charge in [-0.3, -0.25) is 4.79 Å². The van der Waals surface area contributed by atoms with E-state index in [1.165, 1.54) is 16.3 Å². The first-order chi connectivity index (χ1) is 17.5. The summed E-state index contributed by atoms with van der Waals surface area (Å²) in [6.45, 7) is 5.64. The van der Waals surface area contributed by atoms with Crippen LogP contribution in [0.5, 0.6) is 5.75 Å². The Bertz CT molecular complexity index is 1380. The number of hydrogen-bond donors (Lipinski definition) is 2. The molecule has 5 nitrogen and oxygen atoms in total. The number of nitrogens with one attached hydrogen (secondary N) is 1. The number of aryl methyl sites for hydroxylation is 2. The summed E-state index contributed by atoms with van der Waals surface area (Å²) in [6.07, 6.45) is 0.609. The molecule has 2 N–H and O–H groups in total. The molecular formula is C31H32N2O3. The van der Waals surface area contributed by atoms with Gasteiger partial charge >= 0.3 is 5.97 Å². The van der Waals surface area contributed by atoms with Gasteiger partial charge in [-0.25, -0.2) is 0 Å². The second-order valence-corrected chi connectivity index (χ2v) is 9.52. The Morgan fingerprint density at radius 3 is 2.69 bits per heavy atom. The molecule has 4 aromatic rings. The molecule has 0 amide bonds. The molecule has 0 aliphatic carbocycles. The first-order valence-corrected chi connectivity index (χ1v) is 12.5. The van der Waals surface area contributed by atoms with Crippen LogP contribution in [-0.2, 0) is 11.2 Å². The topological polar surface area (TPSA) is 61.8 Å². The number of hydrogen-bond acceptors (Lipinski definition) is 4. The fourth-order valence-electron chi connectivity index (χ4n) is 5.03. The highest BCUT2D eigenvalue weighted by Gasteiger charge is 2.27. The predicted molar refractivity (Wildman–Crippen MR) is 145 cm³/mol. The van der Waals surface area contributed by atoms with Crippen molar-refractivity contribution in [3.05, 3.63) is 102 Å². The van der Waals surface area contributed by atoms with E-state index in [2.05, 4.69) is 83.9 Å². The molecule has 0 saturated carbocycles. The zero-order valence-electron chi connectivity index (χ0n) is 20.8. The zero-order valence-corrected chi connectivity index (χ0v) is 20.8. The largest absolute Gasteiger partial charge is 0.485 e. The molecule has 36 heavy (non-hydrogen) atoms. The number of carbonyl (C=O) groups is 1. The lowest BCUT2D eigenvalue weighted by atomic mass is 9.99. The normalized spacial score (nSPS) is 15.8. The first-order valence-electron chi connectivity index (χ1n) is 12.5. The molecule has 4 aromatic carbocycles. The minimum absolute atomic E-state index is 0.0406. The summed E-state index contributed by atoms with van der Waals surface area (Å²) in [5, 5.41) is 15.4.